The number of carbonyl (C=O) groups excluding carboxylic acids is 1. The predicted octanol–water partition coefficient (Wildman–Crippen LogP) is 1.28. The van der Waals surface area contributed by atoms with Crippen molar-refractivity contribution in [1.82, 2.24) is 5.32 Å². The van der Waals surface area contributed by atoms with E-state index < -0.39 is 5.97 Å². The minimum Gasteiger partial charge on any atom is -0.478 e. The SMILES string of the molecule is CC(C(=O)O)=C(C)C(=O)NCC1CCSC1. The third-order valence-corrected chi connectivity index (χ3v) is 4.03. The molecule has 1 aliphatic rings. The summed E-state index contributed by atoms with van der Waals surface area (Å²) in [6.45, 7) is 3.64. The van der Waals surface area contributed by atoms with E-state index in [0.29, 0.717) is 12.5 Å². The third kappa shape index (κ3) is 3.56. The maximum atomic E-state index is 11.6. The maximum Gasteiger partial charge on any atom is 0.331 e. The number of carboxylic acids is 1. The van der Waals surface area contributed by atoms with Crippen molar-refractivity contribution in [3.63, 3.8) is 0 Å². The number of aliphatic carboxylic acids is 1. The molecule has 1 rings (SSSR count). The highest BCUT2D eigenvalue weighted by atomic mass is 32.2. The Hall–Kier alpha value is -0.970. The Kier molecular flexibility index (Phi) is 4.86. The highest BCUT2D eigenvalue weighted by Crippen LogP contribution is 2.22. The number of nitrogens with one attached hydrogen (secondary N) is 1. The Morgan fingerprint density at radius 2 is 2.06 bits per heavy atom. The molecule has 2 N–H and O–H groups in total. The van der Waals surface area contributed by atoms with Crippen LogP contribution in [0.5, 0.6) is 0 Å². The van der Waals surface area contributed by atoms with Gasteiger partial charge in [-0.05, 0) is 37.7 Å². The number of hydrogen-bond donors (Lipinski definition) is 2. The largest absolute Gasteiger partial charge is 0.478 e. The lowest BCUT2D eigenvalue weighted by molar-refractivity contribution is -0.133. The van der Waals surface area contributed by atoms with Crippen LogP contribution in [0.2, 0.25) is 0 Å². The molecule has 0 bridgehead atoms. The summed E-state index contributed by atoms with van der Waals surface area (Å²) in [5, 5.41) is 11.5. The molecule has 1 unspecified atom stereocenters. The number of carbonyl (C=O) groups is 2. The molecule has 16 heavy (non-hydrogen) atoms. The van der Waals surface area contributed by atoms with E-state index >= 15 is 0 Å². The monoisotopic (exact) mass is 243 g/mol. The van der Waals surface area contributed by atoms with Crippen LogP contribution in [0.3, 0.4) is 0 Å². The number of carboxylic acid groups (broad SMARTS) is 1. The second-order valence-corrected chi connectivity index (χ2v) is 5.14. The highest BCUT2D eigenvalue weighted by molar-refractivity contribution is 7.99. The van der Waals surface area contributed by atoms with Gasteiger partial charge in [-0.1, -0.05) is 0 Å². The molecule has 1 aliphatic heterocycles. The lowest BCUT2D eigenvalue weighted by Gasteiger charge is -2.10. The lowest BCUT2D eigenvalue weighted by atomic mass is 10.1. The zero-order valence-corrected chi connectivity index (χ0v) is 10.4. The summed E-state index contributed by atoms with van der Waals surface area (Å²) in [7, 11) is 0. The van der Waals surface area contributed by atoms with Gasteiger partial charge in [-0.3, -0.25) is 4.79 Å². The molecular formula is C11H17NO3S. The van der Waals surface area contributed by atoms with Gasteiger partial charge in [0.05, 0.1) is 0 Å². The molecular weight excluding hydrogens is 226 g/mol. The zero-order valence-electron chi connectivity index (χ0n) is 9.58. The molecule has 0 radical (unpaired) electrons. The van der Waals surface area contributed by atoms with Gasteiger partial charge in [-0.2, -0.15) is 11.8 Å². The summed E-state index contributed by atoms with van der Waals surface area (Å²) in [4.78, 5) is 22.3. The number of hydrogen-bond acceptors (Lipinski definition) is 3. The second kappa shape index (κ2) is 5.94. The van der Waals surface area contributed by atoms with Crippen LogP contribution < -0.4 is 5.32 Å². The molecule has 4 nitrogen and oxygen atoms in total. The maximum absolute atomic E-state index is 11.6. The summed E-state index contributed by atoms with van der Waals surface area (Å²) >= 11 is 1.90. The van der Waals surface area contributed by atoms with E-state index in [1.165, 1.54) is 6.92 Å². The summed E-state index contributed by atoms with van der Waals surface area (Å²) < 4.78 is 0. The standard InChI is InChI=1S/C11H17NO3S/c1-7(8(2)11(14)15)10(13)12-5-9-3-4-16-6-9/h9H,3-6H2,1-2H3,(H,12,13)(H,14,15). The van der Waals surface area contributed by atoms with E-state index in [1.54, 1.807) is 6.92 Å². The van der Waals surface area contributed by atoms with Crippen molar-refractivity contribution >= 4 is 23.6 Å². The molecule has 1 atom stereocenters. The van der Waals surface area contributed by atoms with Gasteiger partial charge in [0.2, 0.25) is 5.91 Å². The van der Waals surface area contributed by atoms with Crippen LogP contribution in [0, 0.1) is 5.92 Å². The van der Waals surface area contributed by atoms with Crippen LogP contribution in [0.15, 0.2) is 11.1 Å². The fourth-order valence-electron chi connectivity index (χ4n) is 1.44. The van der Waals surface area contributed by atoms with E-state index in [-0.39, 0.29) is 17.1 Å². The molecule has 90 valence electrons. The Bertz CT molecular complexity index is 319. The molecule has 0 aromatic carbocycles. The minimum atomic E-state index is -1.04. The van der Waals surface area contributed by atoms with Crippen molar-refractivity contribution in [1.29, 1.82) is 0 Å². The highest BCUT2D eigenvalue weighted by Gasteiger charge is 2.17. The summed E-state index contributed by atoms with van der Waals surface area (Å²) in [6, 6.07) is 0. The van der Waals surface area contributed by atoms with E-state index in [2.05, 4.69) is 5.32 Å². The Morgan fingerprint density at radius 1 is 1.38 bits per heavy atom. The first-order valence-electron chi connectivity index (χ1n) is 5.29. The van der Waals surface area contributed by atoms with E-state index in [0.717, 1.165) is 17.9 Å². The first-order chi connectivity index (χ1) is 7.52. The van der Waals surface area contributed by atoms with Crippen LogP contribution in [-0.4, -0.2) is 35.0 Å². The fourth-order valence-corrected chi connectivity index (χ4v) is 2.73. The van der Waals surface area contributed by atoms with Crippen molar-refractivity contribution in [3.05, 3.63) is 11.1 Å². The van der Waals surface area contributed by atoms with Crippen molar-refractivity contribution in [2.75, 3.05) is 18.1 Å². The van der Waals surface area contributed by atoms with Gasteiger partial charge in [0, 0.05) is 17.7 Å². The average Bonchev–Trinajstić information content (AvgIpc) is 2.76. The number of thioether (sulfide) groups is 1. The van der Waals surface area contributed by atoms with Gasteiger partial charge >= 0.3 is 5.97 Å². The van der Waals surface area contributed by atoms with E-state index in [1.807, 2.05) is 11.8 Å². The van der Waals surface area contributed by atoms with Crippen molar-refractivity contribution in [2.24, 2.45) is 5.92 Å². The van der Waals surface area contributed by atoms with Crippen LogP contribution in [-0.2, 0) is 9.59 Å². The van der Waals surface area contributed by atoms with Crippen LogP contribution in [0.4, 0.5) is 0 Å². The smallest absolute Gasteiger partial charge is 0.331 e. The summed E-state index contributed by atoms with van der Waals surface area (Å²) in [5.41, 5.74) is 0.399. The third-order valence-electron chi connectivity index (χ3n) is 2.80. The predicted molar refractivity (Wildman–Crippen MR) is 64.5 cm³/mol. The van der Waals surface area contributed by atoms with Crippen LogP contribution in [0.1, 0.15) is 20.3 Å². The Morgan fingerprint density at radius 3 is 2.56 bits per heavy atom. The Labute approximate surface area is 99.5 Å². The number of rotatable bonds is 4. The van der Waals surface area contributed by atoms with Gasteiger partial charge < -0.3 is 10.4 Å². The van der Waals surface area contributed by atoms with Gasteiger partial charge in [0.1, 0.15) is 0 Å². The fraction of sp³-hybridized carbons (Fsp3) is 0.636. The topological polar surface area (TPSA) is 66.4 Å². The molecule has 0 spiro atoms. The molecule has 1 saturated heterocycles. The quantitative estimate of drug-likeness (QED) is 0.730. The van der Waals surface area contributed by atoms with Gasteiger partial charge in [-0.25, -0.2) is 4.79 Å². The molecule has 0 aromatic heterocycles. The normalized spacial score (nSPS) is 21.5. The molecule has 1 fully saturated rings. The van der Waals surface area contributed by atoms with Gasteiger partial charge in [0.15, 0.2) is 0 Å². The number of amides is 1. The summed E-state index contributed by atoms with van der Waals surface area (Å²) in [5.74, 6) is 1.47. The first kappa shape index (κ1) is 13.1. The second-order valence-electron chi connectivity index (χ2n) is 3.99. The molecule has 1 heterocycles. The molecule has 0 saturated carbocycles. The van der Waals surface area contributed by atoms with Crippen LogP contribution >= 0.6 is 11.8 Å². The molecule has 1 amide bonds. The summed E-state index contributed by atoms with van der Waals surface area (Å²) in [6.07, 6.45) is 1.13. The van der Waals surface area contributed by atoms with Crippen molar-refractivity contribution in [2.45, 2.75) is 20.3 Å². The first-order valence-corrected chi connectivity index (χ1v) is 6.44. The van der Waals surface area contributed by atoms with Crippen molar-refractivity contribution in [3.8, 4) is 0 Å². The molecule has 5 heteroatoms. The van der Waals surface area contributed by atoms with Crippen LogP contribution in [0.25, 0.3) is 0 Å². The lowest BCUT2D eigenvalue weighted by Crippen LogP contribution is -2.30. The Balaban J connectivity index is 2.45. The van der Waals surface area contributed by atoms with Gasteiger partial charge in [-0.15, -0.1) is 0 Å². The average molecular weight is 243 g/mol. The van der Waals surface area contributed by atoms with Crippen molar-refractivity contribution < 1.29 is 14.7 Å². The van der Waals surface area contributed by atoms with E-state index in [4.69, 9.17) is 5.11 Å². The van der Waals surface area contributed by atoms with E-state index in [9.17, 15) is 9.59 Å². The minimum absolute atomic E-state index is 0.110. The molecule has 0 aliphatic carbocycles. The zero-order chi connectivity index (χ0) is 12.1. The van der Waals surface area contributed by atoms with Gasteiger partial charge in [0.25, 0.3) is 0 Å². The molecule has 0 aromatic rings.